The molecule has 5 rings (SSSR count). The molecule has 13 heteroatoms. The molecule has 12 nitrogen and oxygen atoms in total. The Labute approximate surface area is 195 Å². The van der Waals surface area contributed by atoms with Gasteiger partial charge in [-0.25, -0.2) is 15.0 Å². The van der Waals surface area contributed by atoms with Crippen LogP contribution in [0.5, 0.6) is 0 Å². The normalized spacial score (nSPS) is 26.1. The van der Waals surface area contributed by atoms with E-state index in [-0.39, 0.29) is 6.61 Å². The number of carbonyl (C=O) groups excluding carboxylic acids is 1. The minimum absolute atomic E-state index is 0.00181. The number of imidazole rings is 1. The number of halogens is 1. The summed E-state index contributed by atoms with van der Waals surface area (Å²) in [6, 6.07) is 7.33. The minimum atomic E-state index is -1.40. The number of azide groups is 1. The molecule has 0 aliphatic carbocycles. The number of anilines is 1. The van der Waals surface area contributed by atoms with Gasteiger partial charge in [0.1, 0.15) is 18.5 Å². The van der Waals surface area contributed by atoms with Crippen LogP contribution in [-0.2, 0) is 20.8 Å². The summed E-state index contributed by atoms with van der Waals surface area (Å²) < 4.78 is 14.8. The van der Waals surface area contributed by atoms with E-state index < -0.39 is 29.9 Å². The molecule has 0 spiro atoms. The number of ether oxygens (including phenoxy) is 2. The lowest BCUT2D eigenvalue weighted by Crippen LogP contribution is -2.52. The molecule has 4 atom stereocenters. The van der Waals surface area contributed by atoms with E-state index in [4.69, 9.17) is 15.0 Å². The van der Waals surface area contributed by atoms with Crippen LogP contribution in [0.15, 0.2) is 42.0 Å². The van der Waals surface area contributed by atoms with Gasteiger partial charge in [-0.1, -0.05) is 17.2 Å². The average molecular weight is 547 g/mol. The molecule has 2 aliphatic rings. The maximum absolute atomic E-state index is 12.6. The third kappa shape index (κ3) is 3.24. The van der Waals surface area contributed by atoms with Crippen LogP contribution < -0.4 is 10.6 Å². The summed E-state index contributed by atoms with van der Waals surface area (Å²) in [6.07, 6.45) is 1.61. The number of hydrogen-bond donors (Lipinski definition) is 2. The second-order valence-corrected chi connectivity index (χ2v) is 8.68. The van der Waals surface area contributed by atoms with Crippen LogP contribution in [0.1, 0.15) is 11.8 Å². The highest BCUT2D eigenvalue weighted by molar-refractivity contribution is 14.1. The van der Waals surface area contributed by atoms with Crippen molar-refractivity contribution in [2.75, 3.05) is 19.0 Å². The molecule has 2 fully saturated rings. The third-order valence-corrected chi connectivity index (χ3v) is 6.33. The van der Waals surface area contributed by atoms with Gasteiger partial charge in [-0.05, 0) is 45.8 Å². The van der Waals surface area contributed by atoms with Gasteiger partial charge in [0.2, 0.25) is 0 Å². The molecule has 0 radical (unpaired) electrons. The standard InChI is InChI=1S/C19H18IN9O3/c1-22-18(30)19-7-31-13(14(19)27-28-21)17(32-19)29-9-26-12-15(24-8-25-16(12)29)23-6-10-3-2-4-11(20)5-10/h2-5,8-9,13-14,17H,6-7H2,1H3,(H,22,30)(H,23,24,25)/t13?,14?,17-,19-/m1/s1. The molecule has 3 aromatic rings. The van der Waals surface area contributed by atoms with Gasteiger partial charge in [0.05, 0.1) is 12.9 Å². The van der Waals surface area contributed by atoms with Crippen LogP contribution in [0.4, 0.5) is 5.82 Å². The van der Waals surface area contributed by atoms with E-state index in [9.17, 15) is 4.79 Å². The lowest BCUT2D eigenvalue weighted by Gasteiger charge is -2.30. The molecule has 2 saturated heterocycles. The van der Waals surface area contributed by atoms with Crippen molar-refractivity contribution < 1.29 is 14.3 Å². The Bertz CT molecular complexity index is 1240. The highest BCUT2D eigenvalue weighted by atomic mass is 127. The number of nitrogens with zero attached hydrogens (tertiary/aromatic N) is 7. The Morgan fingerprint density at radius 3 is 3.09 bits per heavy atom. The number of nitrogens with one attached hydrogen (secondary N) is 2. The Morgan fingerprint density at radius 1 is 1.44 bits per heavy atom. The second kappa shape index (κ2) is 8.16. The molecule has 1 aromatic carbocycles. The minimum Gasteiger partial charge on any atom is -0.369 e. The van der Waals surface area contributed by atoms with E-state index in [0.29, 0.717) is 23.5 Å². The summed E-state index contributed by atoms with van der Waals surface area (Å²) in [4.78, 5) is 28.7. The summed E-state index contributed by atoms with van der Waals surface area (Å²) in [6.45, 7) is 0.571. The fourth-order valence-electron chi connectivity index (χ4n) is 4.18. The van der Waals surface area contributed by atoms with E-state index in [2.05, 4.69) is 64.3 Å². The van der Waals surface area contributed by atoms with Gasteiger partial charge < -0.3 is 20.1 Å². The monoisotopic (exact) mass is 547 g/mol. The van der Waals surface area contributed by atoms with Gasteiger partial charge in [0.25, 0.3) is 5.91 Å². The summed E-state index contributed by atoms with van der Waals surface area (Å²) >= 11 is 2.27. The predicted octanol–water partition coefficient (Wildman–Crippen LogP) is 2.13. The highest BCUT2D eigenvalue weighted by Gasteiger charge is 2.65. The second-order valence-electron chi connectivity index (χ2n) is 7.43. The molecule has 2 unspecified atom stereocenters. The smallest absolute Gasteiger partial charge is 0.255 e. The lowest BCUT2D eigenvalue weighted by molar-refractivity contribution is -0.182. The molecule has 2 aliphatic heterocycles. The number of rotatable bonds is 6. The van der Waals surface area contributed by atoms with Crippen molar-refractivity contribution in [2.45, 2.75) is 30.5 Å². The molecule has 164 valence electrons. The zero-order valence-electron chi connectivity index (χ0n) is 16.8. The zero-order chi connectivity index (χ0) is 22.3. The third-order valence-electron chi connectivity index (χ3n) is 5.66. The van der Waals surface area contributed by atoms with Crippen molar-refractivity contribution in [2.24, 2.45) is 5.11 Å². The van der Waals surface area contributed by atoms with Crippen molar-refractivity contribution in [3.63, 3.8) is 0 Å². The Hall–Kier alpha value is -3.00. The van der Waals surface area contributed by atoms with Gasteiger partial charge in [-0.3, -0.25) is 9.36 Å². The first-order chi connectivity index (χ1) is 15.6. The largest absolute Gasteiger partial charge is 0.369 e. The summed E-state index contributed by atoms with van der Waals surface area (Å²) in [5, 5.41) is 9.68. The summed E-state index contributed by atoms with van der Waals surface area (Å²) in [5.41, 5.74) is 9.80. The topological polar surface area (TPSA) is 152 Å². The first-order valence-corrected chi connectivity index (χ1v) is 10.9. The number of aromatic nitrogens is 4. The van der Waals surface area contributed by atoms with Gasteiger partial charge in [0, 0.05) is 22.1 Å². The predicted molar refractivity (Wildman–Crippen MR) is 121 cm³/mol. The number of amides is 1. The molecule has 1 amide bonds. The Balaban J connectivity index is 1.46. The zero-order valence-corrected chi connectivity index (χ0v) is 19.0. The molecular weight excluding hydrogens is 529 g/mol. The van der Waals surface area contributed by atoms with Gasteiger partial charge in [-0.15, -0.1) is 0 Å². The number of fused-ring (bicyclic) bond motifs is 3. The van der Waals surface area contributed by atoms with E-state index in [0.717, 1.165) is 9.13 Å². The van der Waals surface area contributed by atoms with Gasteiger partial charge in [-0.2, -0.15) is 0 Å². The van der Waals surface area contributed by atoms with Crippen molar-refractivity contribution in [1.82, 2.24) is 24.8 Å². The van der Waals surface area contributed by atoms with Crippen LogP contribution in [0.3, 0.4) is 0 Å². The number of benzene rings is 1. The molecule has 32 heavy (non-hydrogen) atoms. The van der Waals surface area contributed by atoms with E-state index in [1.54, 1.807) is 10.9 Å². The van der Waals surface area contributed by atoms with Crippen LogP contribution >= 0.6 is 22.6 Å². The molecule has 4 heterocycles. The molecular formula is C19H18IN9O3. The van der Waals surface area contributed by atoms with E-state index >= 15 is 0 Å². The summed E-state index contributed by atoms with van der Waals surface area (Å²) in [5.74, 6) is 0.170. The highest BCUT2D eigenvalue weighted by Crippen LogP contribution is 2.47. The van der Waals surface area contributed by atoms with E-state index in [1.807, 2.05) is 18.2 Å². The first-order valence-electron chi connectivity index (χ1n) is 9.79. The Morgan fingerprint density at radius 2 is 2.31 bits per heavy atom. The average Bonchev–Trinajstić information content (AvgIpc) is 3.48. The Kier molecular flexibility index (Phi) is 5.33. The quantitative estimate of drug-likeness (QED) is 0.208. The van der Waals surface area contributed by atoms with Crippen LogP contribution in [-0.4, -0.2) is 56.8 Å². The molecule has 2 N–H and O–H groups in total. The first kappa shape index (κ1) is 20.9. The van der Waals surface area contributed by atoms with Crippen LogP contribution in [0.2, 0.25) is 0 Å². The molecule has 0 saturated carbocycles. The summed E-state index contributed by atoms with van der Waals surface area (Å²) in [7, 11) is 1.50. The van der Waals surface area contributed by atoms with Gasteiger partial charge >= 0.3 is 0 Å². The van der Waals surface area contributed by atoms with Crippen molar-refractivity contribution in [3.05, 3.63) is 56.5 Å². The maximum Gasteiger partial charge on any atom is 0.255 e. The lowest BCUT2D eigenvalue weighted by atomic mass is 9.96. The molecule has 2 aromatic heterocycles. The number of hydrogen-bond acceptors (Lipinski definition) is 8. The van der Waals surface area contributed by atoms with Crippen molar-refractivity contribution >= 4 is 45.5 Å². The van der Waals surface area contributed by atoms with Gasteiger partial charge in [0.15, 0.2) is 28.8 Å². The fraction of sp³-hybridized carbons (Fsp3) is 0.368. The molecule has 2 bridgehead atoms. The fourth-order valence-corrected chi connectivity index (χ4v) is 4.79. The van der Waals surface area contributed by atoms with Crippen LogP contribution in [0, 0.1) is 3.57 Å². The SMILES string of the molecule is CNC(=O)[C@@]12COC(C1N=[N+]=[N-])[C@H](n1cnc3c(NCc4cccc(I)c4)ncnc31)O2. The maximum atomic E-state index is 12.6. The number of likely N-dealkylation sites (N-methyl/N-ethyl adjacent to an activating group) is 1. The van der Waals surface area contributed by atoms with Crippen molar-refractivity contribution in [1.29, 1.82) is 0 Å². The van der Waals surface area contributed by atoms with Crippen LogP contribution in [0.25, 0.3) is 21.6 Å². The number of carbonyl (C=O) groups is 1. The van der Waals surface area contributed by atoms with E-state index in [1.165, 1.54) is 13.4 Å². The van der Waals surface area contributed by atoms with Crippen molar-refractivity contribution in [3.8, 4) is 0 Å².